The third-order valence-electron chi connectivity index (χ3n) is 2.90. The van der Waals surface area contributed by atoms with Crippen molar-refractivity contribution in [3.8, 4) is 5.75 Å². The number of benzene rings is 1. The highest BCUT2D eigenvalue weighted by Gasteiger charge is 2.17. The van der Waals surface area contributed by atoms with Crippen LogP contribution in [0.4, 0.5) is 0 Å². The first-order valence-electron chi connectivity index (χ1n) is 6.37. The van der Waals surface area contributed by atoms with Crippen molar-refractivity contribution in [1.82, 2.24) is 5.32 Å². The molecule has 4 heteroatoms. The number of nitrogens with one attached hydrogen (secondary N) is 1. The molecule has 0 saturated carbocycles. The summed E-state index contributed by atoms with van der Waals surface area (Å²) in [6.07, 6.45) is 1.07. The zero-order valence-corrected chi connectivity index (χ0v) is 12.7. The highest BCUT2D eigenvalue weighted by atomic mass is 79.9. The van der Waals surface area contributed by atoms with Gasteiger partial charge in [-0.05, 0) is 58.7 Å². The normalized spacial score (nSPS) is 12.4. The van der Waals surface area contributed by atoms with Crippen LogP contribution in [0, 0.1) is 0 Å². The minimum absolute atomic E-state index is 0.0429. The zero-order chi connectivity index (χ0) is 13.7. The minimum Gasteiger partial charge on any atom is -0.497 e. The lowest BCUT2D eigenvalue weighted by Crippen LogP contribution is -2.22. The van der Waals surface area contributed by atoms with E-state index in [1.807, 2.05) is 30.3 Å². The summed E-state index contributed by atoms with van der Waals surface area (Å²) in [4.78, 5) is 0. The topological polar surface area (TPSA) is 34.4 Å². The maximum atomic E-state index is 5.68. The number of halogens is 1. The van der Waals surface area contributed by atoms with Crippen molar-refractivity contribution in [2.24, 2.45) is 0 Å². The van der Waals surface area contributed by atoms with E-state index in [0.717, 1.165) is 34.7 Å². The SMILES string of the molecule is CCCNC(c1cccc(OC)c1)c1ccc(Br)o1. The Balaban J connectivity index is 2.30. The Morgan fingerprint density at radius 1 is 1.32 bits per heavy atom. The molecule has 102 valence electrons. The molecule has 1 heterocycles. The van der Waals surface area contributed by atoms with E-state index in [2.05, 4.69) is 34.2 Å². The van der Waals surface area contributed by atoms with E-state index in [1.165, 1.54) is 0 Å². The van der Waals surface area contributed by atoms with E-state index in [9.17, 15) is 0 Å². The summed E-state index contributed by atoms with van der Waals surface area (Å²) in [6.45, 7) is 3.08. The molecule has 0 fully saturated rings. The summed E-state index contributed by atoms with van der Waals surface area (Å²) >= 11 is 3.35. The smallest absolute Gasteiger partial charge is 0.169 e. The average molecular weight is 324 g/mol. The molecule has 0 aliphatic carbocycles. The summed E-state index contributed by atoms with van der Waals surface area (Å²) in [7, 11) is 1.68. The highest BCUT2D eigenvalue weighted by Crippen LogP contribution is 2.28. The predicted octanol–water partition coefficient (Wildman–Crippen LogP) is 4.14. The van der Waals surface area contributed by atoms with Crippen LogP contribution in [0.1, 0.15) is 30.7 Å². The fourth-order valence-electron chi connectivity index (χ4n) is 1.98. The molecule has 2 rings (SSSR count). The van der Waals surface area contributed by atoms with Gasteiger partial charge in [-0.25, -0.2) is 0 Å². The van der Waals surface area contributed by atoms with Crippen molar-refractivity contribution in [2.45, 2.75) is 19.4 Å². The van der Waals surface area contributed by atoms with Gasteiger partial charge >= 0.3 is 0 Å². The van der Waals surface area contributed by atoms with E-state index in [-0.39, 0.29) is 6.04 Å². The molecule has 1 atom stereocenters. The Kier molecular flexibility index (Phi) is 5.05. The Labute approximate surface area is 122 Å². The van der Waals surface area contributed by atoms with Crippen LogP contribution in [0.2, 0.25) is 0 Å². The first-order chi connectivity index (χ1) is 9.24. The summed E-state index contributed by atoms with van der Waals surface area (Å²) in [5.41, 5.74) is 1.13. The van der Waals surface area contributed by atoms with Gasteiger partial charge in [0.25, 0.3) is 0 Å². The molecule has 0 amide bonds. The van der Waals surface area contributed by atoms with Crippen LogP contribution < -0.4 is 10.1 Å². The van der Waals surface area contributed by atoms with E-state index in [0.29, 0.717) is 0 Å². The van der Waals surface area contributed by atoms with E-state index < -0.39 is 0 Å². The van der Waals surface area contributed by atoms with Crippen LogP contribution in [0.5, 0.6) is 5.75 Å². The number of ether oxygens (including phenoxy) is 1. The third-order valence-corrected chi connectivity index (χ3v) is 3.33. The summed E-state index contributed by atoms with van der Waals surface area (Å²) in [6, 6.07) is 12.0. The van der Waals surface area contributed by atoms with Crippen LogP contribution in [0.3, 0.4) is 0 Å². The molecule has 0 spiro atoms. The molecule has 1 N–H and O–H groups in total. The molecule has 0 radical (unpaired) electrons. The third kappa shape index (κ3) is 3.61. The van der Waals surface area contributed by atoms with Crippen molar-refractivity contribution >= 4 is 15.9 Å². The Bertz CT molecular complexity index is 524. The second kappa shape index (κ2) is 6.78. The monoisotopic (exact) mass is 323 g/mol. The molecule has 0 aliphatic heterocycles. The number of hydrogen-bond donors (Lipinski definition) is 1. The predicted molar refractivity (Wildman–Crippen MR) is 79.5 cm³/mol. The number of hydrogen-bond acceptors (Lipinski definition) is 3. The van der Waals surface area contributed by atoms with Gasteiger partial charge in [-0.2, -0.15) is 0 Å². The van der Waals surface area contributed by atoms with Crippen molar-refractivity contribution in [1.29, 1.82) is 0 Å². The lowest BCUT2D eigenvalue weighted by atomic mass is 10.0. The summed E-state index contributed by atoms with van der Waals surface area (Å²) in [5.74, 6) is 1.75. The van der Waals surface area contributed by atoms with Gasteiger partial charge in [-0.1, -0.05) is 19.1 Å². The van der Waals surface area contributed by atoms with Gasteiger partial charge in [0.15, 0.2) is 4.67 Å². The molecule has 1 aromatic heterocycles. The van der Waals surface area contributed by atoms with Gasteiger partial charge < -0.3 is 14.5 Å². The van der Waals surface area contributed by atoms with Gasteiger partial charge in [0, 0.05) is 0 Å². The van der Waals surface area contributed by atoms with Crippen molar-refractivity contribution in [2.75, 3.05) is 13.7 Å². The second-order valence-corrected chi connectivity index (χ2v) is 5.09. The first kappa shape index (κ1) is 14.2. The maximum absolute atomic E-state index is 5.68. The quantitative estimate of drug-likeness (QED) is 0.867. The largest absolute Gasteiger partial charge is 0.497 e. The summed E-state index contributed by atoms with van der Waals surface area (Å²) < 4.78 is 11.7. The van der Waals surface area contributed by atoms with Gasteiger partial charge in [-0.3, -0.25) is 0 Å². The van der Waals surface area contributed by atoms with Crippen molar-refractivity contribution in [3.05, 3.63) is 52.4 Å². The van der Waals surface area contributed by atoms with Gasteiger partial charge in [-0.15, -0.1) is 0 Å². The molecule has 3 nitrogen and oxygen atoms in total. The number of furan rings is 1. The molecule has 0 saturated heterocycles. The Hall–Kier alpha value is -1.26. The van der Waals surface area contributed by atoms with Gasteiger partial charge in [0.1, 0.15) is 11.5 Å². The van der Waals surface area contributed by atoms with Crippen molar-refractivity contribution in [3.63, 3.8) is 0 Å². The van der Waals surface area contributed by atoms with Crippen LogP contribution >= 0.6 is 15.9 Å². The molecule has 1 unspecified atom stereocenters. The highest BCUT2D eigenvalue weighted by molar-refractivity contribution is 9.10. The second-order valence-electron chi connectivity index (χ2n) is 4.31. The zero-order valence-electron chi connectivity index (χ0n) is 11.2. The van der Waals surface area contributed by atoms with Gasteiger partial charge in [0.05, 0.1) is 13.2 Å². The molecule has 1 aromatic carbocycles. The molecular formula is C15H18BrNO2. The number of rotatable bonds is 6. The van der Waals surface area contributed by atoms with Crippen LogP contribution in [0.25, 0.3) is 0 Å². The van der Waals surface area contributed by atoms with Crippen LogP contribution in [0.15, 0.2) is 45.5 Å². The minimum atomic E-state index is 0.0429. The summed E-state index contributed by atoms with van der Waals surface area (Å²) in [5, 5.41) is 3.50. The van der Waals surface area contributed by atoms with Gasteiger partial charge in [0.2, 0.25) is 0 Å². The van der Waals surface area contributed by atoms with E-state index in [4.69, 9.17) is 9.15 Å². The fourth-order valence-corrected chi connectivity index (χ4v) is 2.29. The standard InChI is InChI=1S/C15H18BrNO2/c1-3-9-17-15(13-7-8-14(16)19-13)11-5-4-6-12(10-11)18-2/h4-8,10,15,17H,3,9H2,1-2H3. The molecule has 0 bridgehead atoms. The molecule has 19 heavy (non-hydrogen) atoms. The molecule has 2 aromatic rings. The lowest BCUT2D eigenvalue weighted by Gasteiger charge is -2.17. The van der Waals surface area contributed by atoms with E-state index in [1.54, 1.807) is 7.11 Å². The van der Waals surface area contributed by atoms with Crippen LogP contribution in [-0.2, 0) is 0 Å². The maximum Gasteiger partial charge on any atom is 0.169 e. The molecule has 0 aliphatic rings. The van der Waals surface area contributed by atoms with Crippen molar-refractivity contribution < 1.29 is 9.15 Å². The lowest BCUT2D eigenvalue weighted by molar-refractivity contribution is 0.410. The Morgan fingerprint density at radius 3 is 2.79 bits per heavy atom. The fraction of sp³-hybridized carbons (Fsp3) is 0.333. The molecular weight excluding hydrogens is 306 g/mol. The first-order valence-corrected chi connectivity index (χ1v) is 7.16. The number of methoxy groups -OCH3 is 1. The average Bonchev–Trinajstić information content (AvgIpc) is 2.86. The van der Waals surface area contributed by atoms with E-state index >= 15 is 0 Å². The Morgan fingerprint density at radius 2 is 2.16 bits per heavy atom. The van der Waals surface area contributed by atoms with Crippen LogP contribution in [-0.4, -0.2) is 13.7 Å².